The van der Waals surface area contributed by atoms with Crippen molar-refractivity contribution in [2.75, 3.05) is 11.9 Å². The smallest absolute Gasteiger partial charge is 0.263 e. The highest BCUT2D eigenvalue weighted by Gasteiger charge is 2.07. The maximum Gasteiger partial charge on any atom is 0.263 e. The van der Waals surface area contributed by atoms with Crippen LogP contribution in [-0.2, 0) is 4.79 Å². The Kier molecular flexibility index (Phi) is 3.78. The molecule has 1 heterocycles. The molecule has 94 valence electrons. The zero-order chi connectivity index (χ0) is 13.0. The predicted octanol–water partition coefficient (Wildman–Crippen LogP) is 2.48. The largest absolute Gasteiger partial charge is 0.484 e. The standard InChI is InChI=1S/C11H8ClFN2O3/c12-8-5-7(1-2-9(8)13)17-6-11(16)14-10-3-4-18-15-10/h1-5H,6H2,(H,14,15,16). The van der Waals surface area contributed by atoms with Crippen molar-refractivity contribution in [3.63, 3.8) is 0 Å². The van der Waals surface area contributed by atoms with Crippen LogP contribution in [0.15, 0.2) is 35.1 Å². The summed E-state index contributed by atoms with van der Waals surface area (Å²) < 4.78 is 22.5. The van der Waals surface area contributed by atoms with E-state index in [1.807, 2.05) is 0 Å². The molecule has 0 saturated carbocycles. The molecule has 0 atom stereocenters. The van der Waals surface area contributed by atoms with E-state index in [4.69, 9.17) is 16.3 Å². The van der Waals surface area contributed by atoms with E-state index >= 15 is 0 Å². The van der Waals surface area contributed by atoms with Gasteiger partial charge in [-0.3, -0.25) is 4.79 Å². The number of amides is 1. The summed E-state index contributed by atoms with van der Waals surface area (Å²) in [6.07, 6.45) is 1.33. The Bertz CT molecular complexity index is 545. The van der Waals surface area contributed by atoms with Crippen molar-refractivity contribution in [1.82, 2.24) is 5.16 Å². The van der Waals surface area contributed by atoms with Crippen LogP contribution in [0.2, 0.25) is 5.02 Å². The van der Waals surface area contributed by atoms with Crippen molar-refractivity contribution >= 4 is 23.3 Å². The monoisotopic (exact) mass is 270 g/mol. The van der Waals surface area contributed by atoms with Crippen LogP contribution in [-0.4, -0.2) is 17.7 Å². The van der Waals surface area contributed by atoms with Gasteiger partial charge in [-0.1, -0.05) is 16.8 Å². The van der Waals surface area contributed by atoms with Crippen LogP contribution in [0.4, 0.5) is 10.2 Å². The SMILES string of the molecule is O=C(COc1ccc(F)c(Cl)c1)Nc1ccon1. The van der Waals surface area contributed by atoms with Crippen LogP contribution in [0.5, 0.6) is 5.75 Å². The van der Waals surface area contributed by atoms with Gasteiger partial charge in [0, 0.05) is 12.1 Å². The quantitative estimate of drug-likeness (QED) is 0.927. The van der Waals surface area contributed by atoms with E-state index in [2.05, 4.69) is 15.0 Å². The van der Waals surface area contributed by atoms with Crippen LogP contribution in [0.1, 0.15) is 0 Å². The first-order valence-corrected chi connectivity index (χ1v) is 5.31. The fourth-order valence-corrected chi connectivity index (χ4v) is 1.34. The number of rotatable bonds is 4. The third kappa shape index (κ3) is 3.21. The maximum absolute atomic E-state index is 12.9. The number of ether oxygens (including phenoxy) is 1. The highest BCUT2D eigenvalue weighted by molar-refractivity contribution is 6.30. The van der Waals surface area contributed by atoms with Crippen molar-refractivity contribution in [1.29, 1.82) is 0 Å². The van der Waals surface area contributed by atoms with E-state index in [1.54, 1.807) is 0 Å². The van der Waals surface area contributed by atoms with Crippen molar-refractivity contribution in [3.05, 3.63) is 41.4 Å². The lowest BCUT2D eigenvalue weighted by Gasteiger charge is -2.06. The number of anilines is 1. The topological polar surface area (TPSA) is 64.4 Å². The predicted molar refractivity (Wildman–Crippen MR) is 62.0 cm³/mol. The Morgan fingerprint density at radius 2 is 2.33 bits per heavy atom. The Hall–Kier alpha value is -2.08. The van der Waals surface area contributed by atoms with Gasteiger partial charge in [0.1, 0.15) is 17.8 Å². The number of nitrogens with one attached hydrogen (secondary N) is 1. The minimum Gasteiger partial charge on any atom is -0.484 e. The zero-order valence-corrected chi connectivity index (χ0v) is 9.78. The minimum absolute atomic E-state index is 0.0654. The van der Waals surface area contributed by atoms with Crippen LogP contribution in [0.25, 0.3) is 0 Å². The average Bonchev–Trinajstić information content (AvgIpc) is 2.83. The highest BCUT2D eigenvalue weighted by atomic mass is 35.5. The number of halogens is 2. The fraction of sp³-hybridized carbons (Fsp3) is 0.0909. The molecule has 0 bridgehead atoms. The minimum atomic E-state index is -0.545. The number of aromatic nitrogens is 1. The summed E-state index contributed by atoms with van der Waals surface area (Å²) in [5, 5.41) is 5.88. The third-order valence-electron chi connectivity index (χ3n) is 1.97. The lowest BCUT2D eigenvalue weighted by Crippen LogP contribution is -2.20. The van der Waals surface area contributed by atoms with Crippen molar-refractivity contribution in [3.8, 4) is 5.75 Å². The molecule has 0 unspecified atom stereocenters. The summed E-state index contributed by atoms with van der Waals surface area (Å²) in [7, 11) is 0. The Labute approximate surface area is 106 Å². The second kappa shape index (κ2) is 5.50. The molecule has 1 aromatic heterocycles. The second-order valence-electron chi connectivity index (χ2n) is 3.30. The first kappa shape index (κ1) is 12.4. The second-order valence-corrected chi connectivity index (χ2v) is 3.70. The van der Waals surface area contributed by atoms with Gasteiger partial charge in [0.15, 0.2) is 12.4 Å². The summed E-state index contributed by atoms with van der Waals surface area (Å²) in [5.41, 5.74) is 0. The summed E-state index contributed by atoms with van der Waals surface area (Å²) in [6, 6.07) is 5.32. The summed E-state index contributed by atoms with van der Waals surface area (Å²) in [4.78, 5) is 11.4. The van der Waals surface area contributed by atoms with Gasteiger partial charge in [0.25, 0.3) is 5.91 Å². The molecule has 0 aliphatic carbocycles. The molecule has 0 aliphatic rings. The van der Waals surface area contributed by atoms with Crippen molar-refractivity contribution in [2.45, 2.75) is 0 Å². The summed E-state index contributed by atoms with van der Waals surface area (Å²) in [5.74, 6) is -0.363. The van der Waals surface area contributed by atoms with E-state index in [1.165, 1.54) is 24.5 Å². The van der Waals surface area contributed by atoms with Crippen LogP contribution in [0.3, 0.4) is 0 Å². The summed E-state index contributed by atoms with van der Waals surface area (Å²) in [6.45, 7) is -0.241. The van der Waals surface area contributed by atoms with Crippen molar-refractivity contribution < 1.29 is 18.4 Å². The molecular formula is C11H8ClFN2O3. The third-order valence-corrected chi connectivity index (χ3v) is 2.26. The zero-order valence-electron chi connectivity index (χ0n) is 9.02. The molecule has 1 amide bonds. The molecular weight excluding hydrogens is 263 g/mol. The highest BCUT2D eigenvalue weighted by Crippen LogP contribution is 2.20. The number of hydrogen-bond donors (Lipinski definition) is 1. The Balaban J connectivity index is 1.87. The van der Waals surface area contributed by atoms with Gasteiger partial charge in [-0.15, -0.1) is 0 Å². The van der Waals surface area contributed by atoms with Gasteiger partial charge >= 0.3 is 0 Å². The van der Waals surface area contributed by atoms with E-state index < -0.39 is 11.7 Å². The number of carbonyl (C=O) groups is 1. The first-order valence-electron chi connectivity index (χ1n) is 4.93. The first-order chi connectivity index (χ1) is 8.65. The lowest BCUT2D eigenvalue weighted by molar-refractivity contribution is -0.118. The fourth-order valence-electron chi connectivity index (χ4n) is 1.17. The van der Waals surface area contributed by atoms with Gasteiger partial charge in [0.2, 0.25) is 0 Å². The number of nitrogens with zero attached hydrogens (tertiary/aromatic N) is 1. The molecule has 2 rings (SSSR count). The van der Waals surface area contributed by atoms with Gasteiger partial charge in [0.05, 0.1) is 5.02 Å². The molecule has 0 fully saturated rings. The van der Waals surface area contributed by atoms with Gasteiger partial charge in [-0.05, 0) is 12.1 Å². The van der Waals surface area contributed by atoms with Gasteiger partial charge < -0.3 is 14.6 Å². The maximum atomic E-state index is 12.9. The summed E-state index contributed by atoms with van der Waals surface area (Å²) >= 11 is 5.57. The molecule has 1 N–H and O–H groups in total. The molecule has 0 spiro atoms. The normalized spacial score (nSPS) is 10.1. The van der Waals surface area contributed by atoms with Crippen molar-refractivity contribution in [2.24, 2.45) is 0 Å². The van der Waals surface area contributed by atoms with E-state index in [0.29, 0.717) is 11.6 Å². The molecule has 0 radical (unpaired) electrons. The van der Waals surface area contributed by atoms with Gasteiger partial charge in [-0.2, -0.15) is 0 Å². The lowest BCUT2D eigenvalue weighted by atomic mass is 10.3. The molecule has 0 saturated heterocycles. The average molecular weight is 271 g/mol. The molecule has 5 nitrogen and oxygen atoms in total. The number of hydrogen-bond acceptors (Lipinski definition) is 4. The molecule has 2 aromatic rings. The molecule has 1 aromatic carbocycles. The Morgan fingerprint density at radius 1 is 1.50 bits per heavy atom. The van der Waals surface area contributed by atoms with Crippen LogP contribution >= 0.6 is 11.6 Å². The van der Waals surface area contributed by atoms with E-state index in [0.717, 1.165) is 6.07 Å². The molecule has 0 aliphatic heterocycles. The van der Waals surface area contributed by atoms with E-state index in [-0.39, 0.29) is 11.6 Å². The van der Waals surface area contributed by atoms with Crippen LogP contribution in [0, 0.1) is 5.82 Å². The van der Waals surface area contributed by atoms with Crippen LogP contribution < -0.4 is 10.1 Å². The van der Waals surface area contributed by atoms with E-state index in [9.17, 15) is 9.18 Å². The number of benzene rings is 1. The molecule has 7 heteroatoms. The van der Waals surface area contributed by atoms with Gasteiger partial charge in [-0.25, -0.2) is 4.39 Å². The Morgan fingerprint density at radius 3 is 3.00 bits per heavy atom. The number of carbonyl (C=O) groups excluding carboxylic acids is 1. The molecule has 18 heavy (non-hydrogen) atoms.